The van der Waals surface area contributed by atoms with Crippen molar-refractivity contribution in [3.8, 4) is 0 Å². The largest absolute Gasteiger partial charge is 0.481 e. The van der Waals surface area contributed by atoms with Gasteiger partial charge in [0.1, 0.15) is 12.0 Å². The van der Waals surface area contributed by atoms with Gasteiger partial charge in [0.2, 0.25) is 0 Å². The number of hydrogen-bond acceptors (Lipinski definition) is 3. The summed E-state index contributed by atoms with van der Waals surface area (Å²) in [5.41, 5.74) is -0.141. The zero-order valence-corrected chi connectivity index (χ0v) is 10.4. The Morgan fingerprint density at radius 2 is 2.11 bits per heavy atom. The van der Waals surface area contributed by atoms with Gasteiger partial charge in [0.25, 0.3) is 5.91 Å². The third-order valence-electron chi connectivity index (χ3n) is 3.42. The number of hydrogen-bond donors (Lipinski definition) is 2. The van der Waals surface area contributed by atoms with Crippen molar-refractivity contribution in [2.24, 2.45) is 0 Å². The molecule has 1 fully saturated rings. The number of aliphatic carboxylic acids is 1. The molecule has 5 heteroatoms. The molecule has 0 radical (unpaired) electrons. The van der Waals surface area contributed by atoms with Crippen LogP contribution in [0.5, 0.6) is 0 Å². The summed E-state index contributed by atoms with van der Waals surface area (Å²) in [7, 11) is 0. The van der Waals surface area contributed by atoms with Gasteiger partial charge in [-0.15, -0.1) is 0 Å². The highest BCUT2D eigenvalue weighted by atomic mass is 16.4. The van der Waals surface area contributed by atoms with Gasteiger partial charge in [-0.25, -0.2) is 0 Å². The summed E-state index contributed by atoms with van der Waals surface area (Å²) in [6.45, 7) is 1.76. The van der Waals surface area contributed by atoms with Crippen molar-refractivity contribution < 1.29 is 19.1 Å². The highest BCUT2D eigenvalue weighted by Crippen LogP contribution is 2.33. The fraction of sp³-hybridized carbons (Fsp3) is 0.538. The minimum Gasteiger partial charge on any atom is -0.481 e. The molecule has 1 aliphatic carbocycles. The van der Waals surface area contributed by atoms with Crippen LogP contribution in [0, 0.1) is 6.92 Å². The van der Waals surface area contributed by atoms with Crippen molar-refractivity contribution in [2.75, 3.05) is 0 Å². The molecule has 1 amide bonds. The van der Waals surface area contributed by atoms with Crippen molar-refractivity contribution in [2.45, 2.75) is 44.6 Å². The van der Waals surface area contributed by atoms with Crippen molar-refractivity contribution >= 4 is 11.9 Å². The fourth-order valence-corrected chi connectivity index (χ4v) is 2.56. The van der Waals surface area contributed by atoms with Crippen LogP contribution in [0.4, 0.5) is 0 Å². The van der Waals surface area contributed by atoms with Crippen LogP contribution in [-0.2, 0) is 4.79 Å². The van der Waals surface area contributed by atoms with Gasteiger partial charge in [-0.3, -0.25) is 9.59 Å². The first kappa shape index (κ1) is 12.7. The quantitative estimate of drug-likeness (QED) is 0.858. The lowest BCUT2D eigenvalue weighted by Gasteiger charge is -2.28. The Morgan fingerprint density at radius 3 is 2.61 bits per heavy atom. The summed E-state index contributed by atoms with van der Waals surface area (Å²) in [5, 5.41) is 11.8. The summed E-state index contributed by atoms with van der Waals surface area (Å²) in [6, 6.07) is 1.65. The maximum atomic E-state index is 12.0. The number of amides is 1. The third-order valence-corrected chi connectivity index (χ3v) is 3.42. The van der Waals surface area contributed by atoms with Crippen LogP contribution in [0.3, 0.4) is 0 Å². The Kier molecular flexibility index (Phi) is 3.41. The first-order valence-electron chi connectivity index (χ1n) is 6.10. The average Bonchev–Trinajstić information content (AvgIpc) is 2.87. The molecule has 0 atom stereocenters. The zero-order chi connectivity index (χ0) is 13.2. The molecular formula is C13H17NO4. The lowest BCUT2D eigenvalue weighted by molar-refractivity contribution is -0.138. The second-order valence-electron chi connectivity index (χ2n) is 4.96. The summed E-state index contributed by atoms with van der Waals surface area (Å²) in [4.78, 5) is 22.9. The molecule has 98 valence electrons. The van der Waals surface area contributed by atoms with Gasteiger partial charge in [-0.1, -0.05) is 12.8 Å². The minimum atomic E-state index is -0.874. The molecule has 1 saturated carbocycles. The predicted molar refractivity (Wildman–Crippen MR) is 64.4 cm³/mol. The molecule has 5 nitrogen and oxygen atoms in total. The first-order valence-corrected chi connectivity index (χ1v) is 6.10. The van der Waals surface area contributed by atoms with Gasteiger partial charge in [0.15, 0.2) is 0 Å². The minimum absolute atomic E-state index is 0.0183. The van der Waals surface area contributed by atoms with Crippen molar-refractivity contribution in [3.63, 3.8) is 0 Å². The van der Waals surface area contributed by atoms with Crippen LogP contribution in [0.25, 0.3) is 0 Å². The van der Waals surface area contributed by atoms with Crippen LogP contribution in [0.1, 0.15) is 48.2 Å². The molecule has 0 saturated heterocycles. The van der Waals surface area contributed by atoms with E-state index in [0.29, 0.717) is 11.3 Å². The van der Waals surface area contributed by atoms with E-state index >= 15 is 0 Å². The summed E-state index contributed by atoms with van der Waals surface area (Å²) in [5.74, 6) is -0.463. The topological polar surface area (TPSA) is 79.5 Å². The van der Waals surface area contributed by atoms with E-state index in [1.807, 2.05) is 0 Å². The van der Waals surface area contributed by atoms with Gasteiger partial charge in [0, 0.05) is 0 Å². The lowest BCUT2D eigenvalue weighted by Crippen LogP contribution is -2.47. The SMILES string of the molecule is Cc1cc(C(=O)NC2(CC(=O)O)CCCC2)co1. The Balaban J connectivity index is 2.09. The lowest BCUT2D eigenvalue weighted by atomic mass is 9.93. The van der Waals surface area contributed by atoms with E-state index < -0.39 is 11.5 Å². The Labute approximate surface area is 105 Å². The van der Waals surface area contributed by atoms with Crippen LogP contribution in [0.2, 0.25) is 0 Å². The van der Waals surface area contributed by atoms with Crippen LogP contribution < -0.4 is 5.32 Å². The van der Waals surface area contributed by atoms with Gasteiger partial charge in [-0.2, -0.15) is 0 Å². The molecule has 0 bridgehead atoms. The standard InChI is InChI=1S/C13H17NO4/c1-9-6-10(8-18-9)12(17)14-13(7-11(15)16)4-2-3-5-13/h6,8H,2-5,7H2,1H3,(H,14,17)(H,15,16). The molecule has 18 heavy (non-hydrogen) atoms. The highest BCUT2D eigenvalue weighted by Gasteiger charge is 2.37. The molecule has 0 aliphatic heterocycles. The Hall–Kier alpha value is -1.78. The molecule has 0 aromatic carbocycles. The summed E-state index contributed by atoms with van der Waals surface area (Å²) >= 11 is 0. The second-order valence-corrected chi connectivity index (χ2v) is 4.96. The molecule has 1 aromatic heterocycles. The predicted octanol–water partition coefficient (Wildman–Crippen LogP) is 2.11. The summed E-state index contributed by atoms with van der Waals surface area (Å²) < 4.78 is 5.09. The van der Waals surface area contributed by atoms with Crippen LogP contribution >= 0.6 is 0 Å². The van der Waals surface area contributed by atoms with Gasteiger partial charge in [-0.05, 0) is 25.8 Å². The number of carbonyl (C=O) groups is 2. The van der Waals surface area contributed by atoms with Gasteiger partial charge >= 0.3 is 5.97 Å². The van der Waals surface area contributed by atoms with E-state index in [1.165, 1.54) is 6.26 Å². The van der Waals surface area contributed by atoms with E-state index in [9.17, 15) is 9.59 Å². The van der Waals surface area contributed by atoms with Crippen molar-refractivity contribution in [1.82, 2.24) is 5.32 Å². The molecule has 2 N–H and O–H groups in total. The Morgan fingerprint density at radius 1 is 1.44 bits per heavy atom. The molecule has 0 spiro atoms. The number of carboxylic acid groups (broad SMARTS) is 1. The van der Waals surface area contributed by atoms with Crippen molar-refractivity contribution in [1.29, 1.82) is 0 Å². The average molecular weight is 251 g/mol. The van der Waals surface area contributed by atoms with Crippen molar-refractivity contribution in [3.05, 3.63) is 23.7 Å². The third kappa shape index (κ3) is 2.72. The summed E-state index contributed by atoms with van der Waals surface area (Å²) in [6.07, 6.45) is 4.74. The maximum absolute atomic E-state index is 12.0. The number of rotatable bonds is 4. The van der Waals surface area contributed by atoms with E-state index in [1.54, 1.807) is 13.0 Å². The molecule has 2 rings (SSSR count). The molecular weight excluding hydrogens is 234 g/mol. The number of nitrogens with one attached hydrogen (secondary N) is 1. The normalized spacial score (nSPS) is 17.6. The number of aryl methyl sites for hydroxylation is 1. The first-order chi connectivity index (χ1) is 8.51. The maximum Gasteiger partial charge on any atom is 0.305 e. The molecule has 1 heterocycles. The highest BCUT2D eigenvalue weighted by molar-refractivity contribution is 5.94. The number of carbonyl (C=O) groups excluding carboxylic acids is 1. The van der Waals surface area contributed by atoms with Gasteiger partial charge < -0.3 is 14.8 Å². The molecule has 1 aromatic rings. The zero-order valence-electron chi connectivity index (χ0n) is 10.4. The monoisotopic (exact) mass is 251 g/mol. The number of furan rings is 1. The molecule has 1 aliphatic rings. The smallest absolute Gasteiger partial charge is 0.305 e. The van der Waals surface area contributed by atoms with Crippen LogP contribution in [0.15, 0.2) is 16.7 Å². The van der Waals surface area contributed by atoms with Gasteiger partial charge in [0.05, 0.1) is 17.5 Å². The van der Waals surface area contributed by atoms with E-state index in [0.717, 1.165) is 25.7 Å². The van der Waals surface area contributed by atoms with Crippen LogP contribution in [-0.4, -0.2) is 22.5 Å². The number of carboxylic acids is 1. The molecule has 0 unspecified atom stereocenters. The Bertz CT molecular complexity index is 457. The van der Waals surface area contributed by atoms with E-state index in [2.05, 4.69) is 5.32 Å². The van der Waals surface area contributed by atoms with E-state index in [4.69, 9.17) is 9.52 Å². The van der Waals surface area contributed by atoms with E-state index in [-0.39, 0.29) is 12.3 Å². The second kappa shape index (κ2) is 4.84. The fourth-order valence-electron chi connectivity index (χ4n) is 2.56.